The summed E-state index contributed by atoms with van der Waals surface area (Å²) >= 11 is 0. The lowest BCUT2D eigenvalue weighted by Gasteiger charge is -2.33. The molecule has 1 unspecified atom stereocenters. The molecule has 140 valence electrons. The van der Waals surface area contributed by atoms with Gasteiger partial charge in [-0.1, -0.05) is 18.2 Å². The number of piperidine rings is 1. The fraction of sp³-hybridized carbons (Fsp3) is 0.350. The van der Waals surface area contributed by atoms with Crippen molar-refractivity contribution in [2.75, 3.05) is 13.1 Å². The number of cyclic esters (lactones) is 1. The van der Waals surface area contributed by atoms with E-state index < -0.39 is 12.1 Å². The van der Waals surface area contributed by atoms with Gasteiger partial charge in [0.2, 0.25) is 0 Å². The van der Waals surface area contributed by atoms with E-state index in [0.29, 0.717) is 43.5 Å². The lowest BCUT2D eigenvalue weighted by molar-refractivity contribution is -0.131. The number of carbonyl (C=O) groups excluding carboxylic acids is 3. The minimum atomic E-state index is -0.807. The molecule has 1 atom stereocenters. The third-order valence-corrected chi connectivity index (χ3v) is 5.08. The van der Waals surface area contributed by atoms with Crippen LogP contribution in [-0.4, -0.2) is 47.9 Å². The zero-order chi connectivity index (χ0) is 18.8. The number of nitrogens with one attached hydrogen (secondary N) is 1. The Labute approximate surface area is 156 Å². The van der Waals surface area contributed by atoms with Crippen molar-refractivity contribution in [1.82, 2.24) is 10.2 Å². The Morgan fingerprint density at radius 2 is 1.89 bits per heavy atom. The molecule has 2 aromatic rings. The first kappa shape index (κ1) is 17.3. The smallest absolute Gasteiger partial charge is 0.339 e. The summed E-state index contributed by atoms with van der Waals surface area (Å²) in [5, 5.41) is 2.96. The van der Waals surface area contributed by atoms with Crippen molar-refractivity contribution in [1.29, 1.82) is 0 Å². The Morgan fingerprint density at radius 3 is 2.63 bits per heavy atom. The van der Waals surface area contributed by atoms with Crippen molar-refractivity contribution in [3.05, 3.63) is 59.5 Å². The van der Waals surface area contributed by atoms with Crippen molar-refractivity contribution < 1.29 is 23.5 Å². The summed E-state index contributed by atoms with van der Waals surface area (Å²) in [5.41, 5.74) is 1.88. The molecule has 1 fully saturated rings. The van der Waals surface area contributed by atoms with Crippen LogP contribution in [0, 0.1) is 0 Å². The van der Waals surface area contributed by atoms with Crippen LogP contribution in [-0.2, 0) is 16.0 Å². The van der Waals surface area contributed by atoms with Gasteiger partial charge in [-0.3, -0.25) is 9.59 Å². The summed E-state index contributed by atoms with van der Waals surface area (Å²) in [5.74, 6) is -0.804. The van der Waals surface area contributed by atoms with E-state index in [1.165, 1.54) is 12.5 Å². The first-order valence-electron chi connectivity index (χ1n) is 9.02. The maximum atomic E-state index is 12.5. The van der Waals surface area contributed by atoms with E-state index >= 15 is 0 Å². The van der Waals surface area contributed by atoms with Gasteiger partial charge in [0.25, 0.3) is 11.8 Å². The van der Waals surface area contributed by atoms with Crippen LogP contribution in [0.1, 0.15) is 39.1 Å². The first-order valence-corrected chi connectivity index (χ1v) is 9.02. The van der Waals surface area contributed by atoms with E-state index in [1.54, 1.807) is 23.1 Å². The summed E-state index contributed by atoms with van der Waals surface area (Å²) in [4.78, 5) is 38.7. The van der Waals surface area contributed by atoms with Crippen molar-refractivity contribution in [3.63, 3.8) is 0 Å². The van der Waals surface area contributed by atoms with E-state index in [9.17, 15) is 14.4 Å². The Morgan fingerprint density at radius 1 is 1.11 bits per heavy atom. The lowest BCUT2D eigenvalue weighted by Crippen LogP contribution is -2.50. The molecule has 0 spiro atoms. The average Bonchev–Trinajstić information content (AvgIpc) is 3.23. The van der Waals surface area contributed by atoms with Gasteiger partial charge in [0.1, 0.15) is 6.26 Å². The maximum Gasteiger partial charge on any atom is 0.339 e. The summed E-state index contributed by atoms with van der Waals surface area (Å²) in [6.07, 6.45) is 3.80. The van der Waals surface area contributed by atoms with Crippen LogP contribution in [0.3, 0.4) is 0 Å². The van der Waals surface area contributed by atoms with Crippen molar-refractivity contribution >= 4 is 17.8 Å². The van der Waals surface area contributed by atoms with Gasteiger partial charge >= 0.3 is 5.97 Å². The molecule has 7 nitrogen and oxygen atoms in total. The van der Waals surface area contributed by atoms with Crippen LogP contribution in [0.15, 0.2) is 47.3 Å². The van der Waals surface area contributed by atoms with Gasteiger partial charge in [-0.25, -0.2) is 4.79 Å². The predicted molar refractivity (Wildman–Crippen MR) is 95.1 cm³/mol. The van der Waals surface area contributed by atoms with Crippen LogP contribution >= 0.6 is 0 Å². The lowest BCUT2D eigenvalue weighted by atomic mass is 9.97. The SMILES string of the molecule is O=C1OC(C(=O)NC2CCN(C(=O)c3ccoc3)CC2)Cc2ccccc21. The minimum Gasteiger partial charge on any atom is -0.472 e. The van der Waals surface area contributed by atoms with Crippen molar-refractivity contribution in [2.24, 2.45) is 0 Å². The number of ether oxygens (including phenoxy) is 1. The Hall–Kier alpha value is -3.09. The summed E-state index contributed by atoms with van der Waals surface area (Å²) in [6.45, 7) is 1.12. The number of benzene rings is 1. The third kappa shape index (κ3) is 3.58. The number of rotatable bonds is 3. The second-order valence-corrected chi connectivity index (χ2v) is 6.84. The highest BCUT2D eigenvalue weighted by atomic mass is 16.5. The molecule has 2 aliphatic rings. The van der Waals surface area contributed by atoms with E-state index in [1.807, 2.05) is 12.1 Å². The van der Waals surface area contributed by atoms with Crippen LogP contribution in [0.4, 0.5) is 0 Å². The first-order chi connectivity index (χ1) is 13.1. The minimum absolute atomic E-state index is 0.0400. The highest BCUT2D eigenvalue weighted by Gasteiger charge is 2.33. The van der Waals surface area contributed by atoms with E-state index in [2.05, 4.69) is 5.32 Å². The third-order valence-electron chi connectivity index (χ3n) is 5.08. The van der Waals surface area contributed by atoms with Gasteiger partial charge in [-0.15, -0.1) is 0 Å². The predicted octanol–water partition coefficient (Wildman–Crippen LogP) is 1.78. The summed E-state index contributed by atoms with van der Waals surface area (Å²) in [6, 6.07) is 8.78. The molecule has 1 aromatic carbocycles. The number of carbonyl (C=O) groups is 3. The fourth-order valence-corrected chi connectivity index (χ4v) is 3.57. The number of amides is 2. The maximum absolute atomic E-state index is 12.5. The normalized spacial score (nSPS) is 19.9. The van der Waals surface area contributed by atoms with Crippen molar-refractivity contribution in [3.8, 4) is 0 Å². The monoisotopic (exact) mass is 368 g/mol. The molecule has 1 saturated heterocycles. The molecule has 27 heavy (non-hydrogen) atoms. The molecule has 0 aliphatic carbocycles. The molecule has 0 bridgehead atoms. The highest BCUT2D eigenvalue weighted by Crippen LogP contribution is 2.21. The highest BCUT2D eigenvalue weighted by molar-refractivity contribution is 5.96. The van der Waals surface area contributed by atoms with E-state index in [-0.39, 0.29) is 17.9 Å². The topological polar surface area (TPSA) is 88.9 Å². The Kier molecular flexibility index (Phi) is 4.66. The van der Waals surface area contributed by atoms with Gasteiger partial charge in [0, 0.05) is 25.6 Å². The largest absolute Gasteiger partial charge is 0.472 e. The number of hydrogen-bond acceptors (Lipinski definition) is 5. The summed E-state index contributed by atoms with van der Waals surface area (Å²) in [7, 11) is 0. The van der Waals surface area contributed by atoms with Gasteiger partial charge in [-0.2, -0.15) is 0 Å². The molecule has 2 amide bonds. The number of fused-ring (bicyclic) bond motifs is 1. The molecule has 0 radical (unpaired) electrons. The molecule has 2 aliphatic heterocycles. The van der Waals surface area contributed by atoms with Gasteiger partial charge in [0.05, 0.1) is 17.4 Å². The number of esters is 1. The quantitative estimate of drug-likeness (QED) is 0.835. The molecular formula is C20H20N2O5. The molecule has 1 aromatic heterocycles. The zero-order valence-electron chi connectivity index (χ0n) is 14.7. The van der Waals surface area contributed by atoms with Gasteiger partial charge in [0.15, 0.2) is 6.10 Å². The zero-order valence-corrected chi connectivity index (χ0v) is 14.7. The molecule has 7 heteroatoms. The second kappa shape index (κ2) is 7.26. The molecular weight excluding hydrogens is 348 g/mol. The van der Waals surface area contributed by atoms with Crippen molar-refractivity contribution in [2.45, 2.75) is 31.4 Å². The van der Waals surface area contributed by atoms with Gasteiger partial charge < -0.3 is 19.4 Å². The Balaban J connectivity index is 1.31. The summed E-state index contributed by atoms with van der Waals surface area (Å²) < 4.78 is 10.3. The molecule has 4 rings (SSSR count). The van der Waals surface area contributed by atoms with Gasteiger partial charge in [-0.05, 0) is 30.5 Å². The number of furan rings is 1. The molecule has 1 N–H and O–H groups in total. The molecule has 3 heterocycles. The number of likely N-dealkylation sites (tertiary alicyclic amines) is 1. The van der Waals surface area contributed by atoms with Crippen LogP contribution in [0.5, 0.6) is 0 Å². The molecule has 0 saturated carbocycles. The van der Waals surface area contributed by atoms with Crippen LogP contribution in [0.2, 0.25) is 0 Å². The van der Waals surface area contributed by atoms with E-state index in [0.717, 1.165) is 5.56 Å². The van der Waals surface area contributed by atoms with Crippen LogP contribution in [0.25, 0.3) is 0 Å². The number of hydrogen-bond donors (Lipinski definition) is 1. The second-order valence-electron chi connectivity index (χ2n) is 6.84. The average molecular weight is 368 g/mol. The number of nitrogens with zero attached hydrogens (tertiary/aromatic N) is 1. The fourth-order valence-electron chi connectivity index (χ4n) is 3.57. The Bertz CT molecular complexity index is 853. The standard InChI is InChI=1S/C20H20N2O5/c23-18(17-11-13-3-1-2-4-16(13)20(25)27-17)21-15-5-8-22(9-6-15)19(24)14-7-10-26-12-14/h1-4,7,10,12,15,17H,5-6,8-9,11H2,(H,21,23). The van der Waals surface area contributed by atoms with E-state index in [4.69, 9.17) is 9.15 Å². The van der Waals surface area contributed by atoms with Crippen LogP contribution < -0.4 is 5.32 Å².